The molecule has 4 heteroatoms. The van der Waals surface area contributed by atoms with Gasteiger partial charge in [-0.15, -0.1) is 11.8 Å². The van der Waals surface area contributed by atoms with Crippen molar-refractivity contribution in [2.24, 2.45) is 0 Å². The minimum atomic E-state index is -0.0784. The van der Waals surface area contributed by atoms with Crippen molar-refractivity contribution in [3.63, 3.8) is 0 Å². The third kappa shape index (κ3) is 4.08. The first-order chi connectivity index (χ1) is 11.2. The van der Waals surface area contributed by atoms with E-state index in [1.807, 2.05) is 30.0 Å². The van der Waals surface area contributed by atoms with Crippen molar-refractivity contribution in [1.82, 2.24) is 10.6 Å². The summed E-state index contributed by atoms with van der Waals surface area (Å²) in [6, 6.07) is 16.7. The van der Waals surface area contributed by atoms with Gasteiger partial charge in [-0.05, 0) is 42.5 Å². The van der Waals surface area contributed by atoms with Gasteiger partial charge in [0.25, 0.3) is 0 Å². The molecular formula is C19H22N2OS. The van der Waals surface area contributed by atoms with Gasteiger partial charge in [-0.2, -0.15) is 0 Å². The molecule has 0 aliphatic carbocycles. The maximum absolute atomic E-state index is 12.2. The van der Waals surface area contributed by atoms with Gasteiger partial charge in [-0.25, -0.2) is 4.79 Å². The number of carbonyl (C=O) groups excluding carboxylic acids is 1. The van der Waals surface area contributed by atoms with Crippen molar-refractivity contribution in [1.29, 1.82) is 0 Å². The van der Waals surface area contributed by atoms with E-state index < -0.39 is 0 Å². The van der Waals surface area contributed by atoms with Crippen LogP contribution in [0.1, 0.15) is 29.2 Å². The number of fused-ring (bicyclic) bond motifs is 1. The zero-order valence-electron chi connectivity index (χ0n) is 13.3. The van der Waals surface area contributed by atoms with E-state index in [4.69, 9.17) is 0 Å². The normalized spacial score (nSPS) is 16.5. The van der Waals surface area contributed by atoms with Gasteiger partial charge in [0.2, 0.25) is 0 Å². The van der Waals surface area contributed by atoms with E-state index in [0.29, 0.717) is 6.54 Å². The van der Waals surface area contributed by atoms with Crippen LogP contribution in [-0.2, 0) is 6.42 Å². The van der Waals surface area contributed by atoms with E-state index in [9.17, 15) is 4.79 Å². The molecule has 23 heavy (non-hydrogen) atoms. The number of benzene rings is 2. The fraction of sp³-hybridized carbons (Fsp3) is 0.316. The molecule has 120 valence electrons. The van der Waals surface area contributed by atoms with Gasteiger partial charge in [0.15, 0.2) is 0 Å². The first-order valence-corrected chi connectivity index (χ1v) is 9.03. The quantitative estimate of drug-likeness (QED) is 0.889. The Balaban J connectivity index is 1.52. The number of carbonyl (C=O) groups is 1. The number of nitrogens with one attached hydrogen (secondary N) is 2. The molecule has 0 saturated heterocycles. The summed E-state index contributed by atoms with van der Waals surface area (Å²) in [5.41, 5.74) is 3.79. The summed E-state index contributed by atoms with van der Waals surface area (Å²) in [5.74, 6) is 1.05. The number of hydrogen-bond donors (Lipinski definition) is 2. The lowest BCUT2D eigenvalue weighted by Crippen LogP contribution is -2.39. The molecule has 0 radical (unpaired) electrons. The number of amides is 2. The zero-order valence-corrected chi connectivity index (χ0v) is 14.2. The van der Waals surface area contributed by atoms with Crippen LogP contribution in [-0.4, -0.2) is 18.3 Å². The molecule has 2 amide bonds. The van der Waals surface area contributed by atoms with Gasteiger partial charge in [0.05, 0.1) is 6.04 Å². The van der Waals surface area contributed by atoms with Gasteiger partial charge >= 0.3 is 6.03 Å². The van der Waals surface area contributed by atoms with Crippen molar-refractivity contribution in [3.05, 3.63) is 65.2 Å². The monoisotopic (exact) mass is 326 g/mol. The molecule has 3 rings (SSSR count). The number of aryl methyl sites for hydroxylation is 1. The first kappa shape index (κ1) is 15.9. The van der Waals surface area contributed by atoms with Crippen LogP contribution in [0.25, 0.3) is 0 Å². The average molecular weight is 326 g/mol. The molecule has 0 aromatic heterocycles. The second-order valence-electron chi connectivity index (χ2n) is 5.80. The zero-order chi connectivity index (χ0) is 16.1. The molecule has 0 bridgehead atoms. The van der Waals surface area contributed by atoms with Crippen molar-refractivity contribution in [3.8, 4) is 0 Å². The molecule has 0 spiro atoms. The van der Waals surface area contributed by atoms with E-state index in [-0.39, 0.29) is 12.1 Å². The third-order valence-corrected chi connectivity index (χ3v) is 5.33. The molecule has 3 nitrogen and oxygen atoms in total. The summed E-state index contributed by atoms with van der Waals surface area (Å²) in [6.07, 6.45) is 1.84. The SMILES string of the molecule is Cc1ccccc1CCNC(=O)N[C@@H]1CCSc2ccccc21. The molecule has 2 N–H and O–H groups in total. The van der Waals surface area contributed by atoms with E-state index >= 15 is 0 Å². The number of urea groups is 1. The number of rotatable bonds is 4. The predicted octanol–water partition coefficient (Wildman–Crippen LogP) is 4.07. The standard InChI is InChI=1S/C19H22N2OS/c1-14-6-2-3-7-15(14)10-12-20-19(22)21-17-11-13-23-18-9-5-4-8-16(17)18/h2-9,17H,10-13H2,1H3,(H2,20,21,22)/t17-/m1/s1. The van der Waals surface area contributed by atoms with Crippen molar-refractivity contribution >= 4 is 17.8 Å². The topological polar surface area (TPSA) is 41.1 Å². The molecular weight excluding hydrogens is 304 g/mol. The highest BCUT2D eigenvalue weighted by Gasteiger charge is 2.21. The molecule has 2 aromatic carbocycles. The lowest BCUT2D eigenvalue weighted by Gasteiger charge is -2.26. The second kappa shape index (κ2) is 7.55. The Labute approximate surface area is 141 Å². The maximum Gasteiger partial charge on any atom is 0.315 e. The molecule has 1 heterocycles. The van der Waals surface area contributed by atoms with Gasteiger partial charge in [0, 0.05) is 17.2 Å². The first-order valence-electron chi connectivity index (χ1n) is 8.04. The lowest BCUT2D eigenvalue weighted by molar-refractivity contribution is 0.236. The third-order valence-electron chi connectivity index (χ3n) is 4.20. The second-order valence-corrected chi connectivity index (χ2v) is 6.94. The van der Waals surface area contributed by atoms with Crippen LogP contribution in [0.4, 0.5) is 4.79 Å². The Kier molecular flexibility index (Phi) is 5.23. The summed E-state index contributed by atoms with van der Waals surface area (Å²) in [4.78, 5) is 13.4. The van der Waals surface area contributed by atoms with E-state index in [0.717, 1.165) is 18.6 Å². The summed E-state index contributed by atoms with van der Waals surface area (Å²) in [6.45, 7) is 2.76. The average Bonchev–Trinajstić information content (AvgIpc) is 2.57. The summed E-state index contributed by atoms with van der Waals surface area (Å²) < 4.78 is 0. The fourth-order valence-electron chi connectivity index (χ4n) is 2.90. The Morgan fingerprint density at radius 3 is 2.83 bits per heavy atom. The molecule has 1 aliphatic heterocycles. The Morgan fingerprint density at radius 1 is 1.17 bits per heavy atom. The smallest absolute Gasteiger partial charge is 0.315 e. The molecule has 0 fully saturated rings. The number of hydrogen-bond acceptors (Lipinski definition) is 2. The van der Waals surface area contributed by atoms with Crippen LogP contribution in [0.15, 0.2) is 53.4 Å². The minimum absolute atomic E-state index is 0.0784. The van der Waals surface area contributed by atoms with Crippen molar-refractivity contribution < 1.29 is 4.79 Å². The maximum atomic E-state index is 12.2. The molecule has 1 aliphatic rings. The highest BCUT2D eigenvalue weighted by Crippen LogP contribution is 2.35. The Hall–Kier alpha value is -1.94. The van der Waals surface area contributed by atoms with E-state index in [1.165, 1.54) is 21.6 Å². The van der Waals surface area contributed by atoms with Crippen LogP contribution in [0.5, 0.6) is 0 Å². The Morgan fingerprint density at radius 2 is 1.96 bits per heavy atom. The Bertz CT molecular complexity index is 687. The molecule has 2 aromatic rings. The van der Waals surface area contributed by atoms with Crippen LogP contribution < -0.4 is 10.6 Å². The largest absolute Gasteiger partial charge is 0.338 e. The molecule has 0 saturated carbocycles. The van der Waals surface area contributed by atoms with Crippen LogP contribution in [0.2, 0.25) is 0 Å². The van der Waals surface area contributed by atoms with Crippen molar-refractivity contribution in [2.75, 3.05) is 12.3 Å². The van der Waals surface area contributed by atoms with Gasteiger partial charge in [0.1, 0.15) is 0 Å². The highest BCUT2D eigenvalue weighted by atomic mass is 32.2. The minimum Gasteiger partial charge on any atom is -0.338 e. The fourth-order valence-corrected chi connectivity index (χ4v) is 4.03. The summed E-state index contributed by atoms with van der Waals surface area (Å²) in [5, 5.41) is 6.09. The van der Waals surface area contributed by atoms with Gasteiger partial charge in [-0.1, -0.05) is 42.5 Å². The lowest BCUT2D eigenvalue weighted by atomic mass is 10.0. The predicted molar refractivity (Wildman–Crippen MR) is 95.9 cm³/mol. The van der Waals surface area contributed by atoms with Crippen LogP contribution >= 0.6 is 11.8 Å². The van der Waals surface area contributed by atoms with E-state index in [2.05, 4.69) is 47.9 Å². The molecule has 0 unspecified atom stereocenters. The van der Waals surface area contributed by atoms with Gasteiger partial charge < -0.3 is 10.6 Å². The van der Waals surface area contributed by atoms with Crippen LogP contribution in [0.3, 0.4) is 0 Å². The number of thioether (sulfide) groups is 1. The summed E-state index contributed by atoms with van der Waals surface area (Å²) >= 11 is 1.86. The van der Waals surface area contributed by atoms with Gasteiger partial charge in [-0.3, -0.25) is 0 Å². The van der Waals surface area contributed by atoms with Crippen LogP contribution in [0, 0.1) is 6.92 Å². The van der Waals surface area contributed by atoms with Crippen molar-refractivity contribution in [2.45, 2.75) is 30.7 Å². The molecule has 1 atom stereocenters. The highest BCUT2D eigenvalue weighted by molar-refractivity contribution is 7.99. The summed E-state index contributed by atoms with van der Waals surface area (Å²) in [7, 11) is 0. The van der Waals surface area contributed by atoms with E-state index in [1.54, 1.807) is 0 Å².